The summed E-state index contributed by atoms with van der Waals surface area (Å²) in [7, 11) is 1.68. The van der Waals surface area contributed by atoms with Crippen LogP contribution in [-0.4, -0.2) is 18.0 Å². The maximum absolute atomic E-state index is 11.9. The number of ether oxygens (including phenoxy) is 1. The molecule has 0 radical (unpaired) electrons. The zero-order valence-electron chi connectivity index (χ0n) is 10.5. The van der Waals surface area contributed by atoms with Gasteiger partial charge in [0.15, 0.2) is 0 Å². The van der Waals surface area contributed by atoms with Gasteiger partial charge in [0.25, 0.3) is 0 Å². The fraction of sp³-hybridized carbons (Fsp3) is 0.133. The van der Waals surface area contributed by atoms with Gasteiger partial charge in [-0.15, -0.1) is 0 Å². The first-order chi connectivity index (χ1) is 9.16. The molecular formula is C15H14ClNO2. The molecule has 98 valence electrons. The quantitative estimate of drug-likeness (QED) is 0.848. The number of para-hydroxylation sites is 1. The zero-order chi connectivity index (χ0) is 13.7. The Morgan fingerprint density at radius 2 is 1.74 bits per heavy atom. The van der Waals surface area contributed by atoms with Crippen LogP contribution in [0.1, 0.15) is 5.56 Å². The van der Waals surface area contributed by atoms with E-state index >= 15 is 0 Å². The highest BCUT2D eigenvalue weighted by molar-refractivity contribution is 6.31. The van der Waals surface area contributed by atoms with E-state index in [0.717, 1.165) is 5.56 Å². The highest BCUT2D eigenvalue weighted by Crippen LogP contribution is 2.17. The van der Waals surface area contributed by atoms with Gasteiger partial charge in [-0.2, -0.15) is 0 Å². The monoisotopic (exact) mass is 275 g/mol. The topological polar surface area (TPSA) is 29.5 Å². The van der Waals surface area contributed by atoms with Crippen molar-refractivity contribution in [3.63, 3.8) is 0 Å². The molecule has 0 fully saturated rings. The van der Waals surface area contributed by atoms with E-state index in [0.29, 0.717) is 17.3 Å². The molecule has 0 aliphatic carbocycles. The first-order valence-electron chi connectivity index (χ1n) is 5.88. The Hall–Kier alpha value is -2.00. The number of carbonyl (C=O) groups excluding carboxylic acids is 1. The lowest BCUT2D eigenvalue weighted by Gasteiger charge is -2.17. The standard InChI is InChI=1S/C15H14ClNO2/c1-17(11-12-7-5-6-10-14(12)16)15(18)19-13-8-3-2-4-9-13/h2-10H,11H2,1H3. The van der Waals surface area contributed by atoms with Gasteiger partial charge in [0.1, 0.15) is 5.75 Å². The molecule has 0 aliphatic heterocycles. The molecule has 0 unspecified atom stereocenters. The summed E-state index contributed by atoms with van der Waals surface area (Å²) in [6.45, 7) is 0.408. The van der Waals surface area contributed by atoms with Gasteiger partial charge < -0.3 is 9.64 Å². The molecule has 0 saturated carbocycles. The summed E-state index contributed by atoms with van der Waals surface area (Å²) in [5, 5.41) is 0.641. The Morgan fingerprint density at radius 1 is 1.11 bits per heavy atom. The molecular weight excluding hydrogens is 262 g/mol. The van der Waals surface area contributed by atoms with Crippen molar-refractivity contribution in [1.29, 1.82) is 0 Å². The Morgan fingerprint density at radius 3 is 2.42 bits per heavy atom. The lowest BCUT2D eigenvalue weighted by atomic mass is 10.2. The zero-order valence-corrected chi connectivity index (χ0v) is 11.3. The minimum atomic E-state index is -0.411. The minimum absolute atomic E-state index is 0.408. The molecule has 3 nitrogen and oxygen atoms in total. The molecule has 0 aromatic heterocycles. The van der Waals surface area contributed by atoms with Crippen LogP contribution in [0.5, 0.6) is 5.75 Å². The number of rotatable bonds is 3. The van der Waals surface area contributed by atoms with E-state index in [-0.39, 0.29) is 0 Å². The van der Waals surface area contributed by atoms with Gasteiger partial charge in [-0.3, -0.25) is 0 Å². The average molecular weight is 276 g/mol. The summed E-state index contributed by atoms with van der Waals surface area (Å²) in [5.41, 5.74) is 0.886. The van der Waals surface area contributed by atoms with Crippen LogP contribution in [0.25, 0.3) is 0 Å². The second kappa shape index (κ2) is 6.25. The van der Waals surface area contributed by atoms with Crippen molar-refractivity contribution >= 4 is 17.7 Å². The highest BCUT2D eigenvalue weighted by Gasteiger charge is 2.12. The second-order valence-corrected chi connectivity index (χ2v) is 4.54. The van der Waals surface area contributed by atoms with Crippen molar-refractivity contribution in [2.45, 2.75) is 6.54 Å². The van der Waals surface area contributed by atoms with E-state index < -0.39 is 6.09 Å². The van der Waals surface area contributed by atoms with E-state index in [9.17, 15) is 4.79 Å². The maximum atomic E-state index is 11.9. The van der Waals surface area contributed by atoms with Crippen LogP contribution in [0.15, 0.2) is 54.6 Å². The van der Waals surface area contributed by atoms with Crippen molar-refractivity contribution in [3.8, 4) is 5.75 Å². The van der Waals surface area contributed by atoms with E-state index in [1.165, 1.54) is 4.90 Å². The molecule has 1 amide bonds. The number of nitrogens with zero attached hydrogens (tertiary/aromatic N) is 1. The van der Waals surface area contributed by atoms with Gasteiger partial charge in [0.2, 0.25) is 0 Å². The van der Waals surface area contributed by atoms with E-state index in [4.69, 9.17) is 16.3 Å². The van der Waals surface area contributed by atoms with Crippen molar-refractivity contribution < 1.29 is 9.53 Å². The third kappa shape index (κ3) is 3.73. The van der Waals surface area contributed by atoms with Crippen molar-refractivity contribution in [1.82, 2.24) is 4.90 Å². The molecule has 2 rings (SSSR count). The van der Waals surface area contributed by atoms with Gasteiger partial charge in [-0.25, -0.2) is 4.79 Å². The summed E-state index contributed by atoms with van der Waals surface area (Å²) in [4.78, 5) is 13.4. The smallest absolute Gasteiger partial charge is 0.410 e. The second-order valence-electron chi connectivity index (χ2n) is 4.13. The Balaban J connectivity index is 1.98. The third-order valence-electron chi connectivity index (χ3n) is 2.63. The van der Waals surface area contributed by atoms with Crippen LogP contribution >= 0.6 is 11.6 Å². The summed E-state index contributed by atoms with van der Waals surface area (Å²) in [6, 6.07) is 16.4. The van der Waals surface area contributed by atoms with Gasteiger partial charge in [-0.05, 0) is 23.8 Å². The first kappa shape index (κ1) is 13.4. The summed E-state index contributed by atoms with van der Waals surface area (Å²) in [5.74, 6) is 0.526. The molecule has 0 atom stereocenters. The predicted molar refractivity (Wildman–Crippen MR) is 75.4 cm³/mol. The predicted octanol–water partition coefficient (Wildman–Crippen LogP) is 3.97. The van der Waals surface area contributed by atoms with Crippen LogP contribution < -0.4 is 4.74 Å². The number of halogens is 1. The van der Waals surface area contributed by atoms with E-state index in [1.54, 1.807) is 25.2 Å². The molecule has 2 aromatic carbocycles. The molecule has 4 heteroatoms. The Kier molecular flexibility index (Phi) is 4.42. The number of carbonyl (C=O) groups is 1. The van der Waals surface area contributed by atoms with Gasteiger partial charge >= 0.3 is 6.09 Å². The van der Waals surface area contributed by atoms with Gasteiger partial charge in [0, 0.05) is 12.1 Å². The maximum Gasteiger partial charge on any atom is 0.415 e. The molecule has 0 aliphatic rings. The van der Waals surface area contributed by atoms with Crippen molar-refractivity contribution in [2.24, 2.45) is 0 Å². The average Bonchev–Trinajstić information content (AvgIpc) is 2.42. The van der Waals surface area contributed by atoms with Crippen molar-refractivity contribution in [2.75, 3.05) is 7.05 Å². The molecule has 2 aromatic rings. The van der Waals surface area contributed by atoms with Gasteiger partial charge in [-0.1, -0.05) is 48.0 Å². The molecule has 19 heavy (non-hydrogen) atoms. The van der Waals surface area contributed by atoms with Crippen LogP contribution in [0.3, 0.4) is 0 Å². The van der Waals surface area contributed by atoms with Crippen molar-refractivity contribution in [3.05, 3.63) is 65.2 Å². The molecule has 0 saturated heterocycles. The normalized spacial score (nSPS) is 10.0. The Bertz CT molecular complexity index is 557. The van der Waals surface area contributed by atoms with Gasteiger partial charge in [0.05, 0.1) is 6.54 Å². The first-order valence-corrected chi connectivity index (χ1v) is 6.26. The summed E-state index contributed by atoms with van der Waals surface area (Å²) < 4.78 is 5.23. The fourth-order valence-electron chi connectivity index (χ4n) is 1.61. The fourth-order valence-corrected chi connectivity index (χ4v) is 1.81. The summed E-state index contributed by atoms with van der Waals surface area (Å²) >= 11 is 6.05. The van der Waals surface area contributed by atoms with E-state index in [2.05, 4.69) is 0 Å². The van der Waals surface area contributed by atoms with E-state index in [1.807, 2.05) is 36.4 Å². The van der Waals surface area contributed by atoms with Crippen LogP contribution in [0.2, 0.25) is 5.02 Å². The number of hydrogen-bond acceptors (Lipinski definition) is 2. The minimum Gasteiger partial charge on any atom is -0.410 e. The highest BCUT2D eigenvalue weighted by atomic mass is 35.5. The van der Waals surface area contributed by atoms with Crippen LogP contribution in [-0.2, 0) is 6.54 Å². The molecule has 0 N–H and O–H groups in total. The van der Waals surface area contributed by atoms with Crippen LogP contribution in [0, 0.1) is 0 Å². The molecule has 0 heterocycles. The Labute approximate surface area is 117 Å². The number of benzene rings is 2. The lowest BCUT2D eigenvalue weighted by Crippen LogP contribution is -2.29. The SMILES string of the molecule is CN(Cc1ccccc1Cl)C(=O)Oc1ccccc1. The third-order valence-corrected chi connectivity index (χ3v) is 2.99. The molecule has 0 spiro atoms. The lowest BCUT2D eigenvalue weighted by molar-refractivity contribution is 0.161. The number of hydrogen-bond donors (Lipinski definition) is 0. The van der Waals surface area contributed by atoms with Crippen LogP contribution in [0.4, 0.5) is 4.79 Å². The number of amides is 1. The largest absolute Gasteiger partial charge is 0.415 e. The molecule has 0 bridgehead atoms. The summed E-state index contributed by atoms with van der Waals surface area (Å²) in [6.07, 6.45) is -0.411.